The number of carbonyl (C=O) groups excluding carboxylic acids is 1. The van der Waals surface area contributed by atoms with Crippen LogP contribution in [0.25, 0.3) is 0 Å². The van der Waals surface area contributed by atoms with Crippen molar-refractivity contribution < 1.29 is 4.79 Å². The van der Waals surface area contributed by atoms with Gasteiger partial charge >= 0.3 is 0 Å². The maximum Gasteiger partial charge on any atom is 0.237 e. The first-order valence-electron chi connectivity index (χ1n) is 10.5. The Labute approximate surface area is 157 Å². The zero-order valence-corrected chi connectivity index (χ0v) is 15.8. The molecule has 3 fully saturated rings. The summed E-state index contributed by atoms with van der Waals surface area (Å²) in [5, 5.41) is 3.49. The van der Waals surface area contributed by atoms with Gasteiger partial charge in [0.15, 0.2) is 0 Å². The molecule has 2 bridgehead atoms. The number of benzene rings is 1. The number of piperidine rings is 1. The molecule has 26 heavy (non-hydrogen) atoms. The largest absolute Gasteiger partial charge is 0.351 e. The monoisotopic (exact) mass is 355 g/mol. The lowest BCUT2D eigenvalue weighted by Gasteiger charge is -2.46. The summed E-state index contributed by atoms with van der Waals surface area (Å²) in [6.45, 7) is 1.90. The molecule has 2 saturated carbocycles. The van der Waals surface area contributed by atoms with Gasteiger partial charge in [0.2, 0.25) is 5.91 Å². The van der Waals surface area contributed by atoms with Gasteiger partial charge in [-0.1, -0.05) is 43.2 Å². The fourth-order valence-corrected chi connectivity index (χ4v) is 5.58. The summed E-state index contributed by atoms with van der Waals surface area (Å²) in [5.41, 5.74) is 7.55. The average Bonchev–Trinajstić information content (AvgIpc) is 2.64. The highest BCUT2D eigenvalue weighted by Gasteiger charge is 2.41. The van der Waals surface area contributed by atoms with Crippen molar-refractivity contribution in [3.05, 3.63) is 35.9 Å². The lowest BCUT2D eigenvalue weighted by molar-refractivity contribution is -0.130. The number of carbonyl (C=O) groups is 1. The first-order chi connectivity index (χ1) is 12.7. The SMILES string of the molecule is NC1CC2CCCC(C1)C2NC(=O)C1CCCCN1Cc1ccccc1. The van der Waals surface area contributed by atoms with Gasteiger partial charge in [-0.15, -0.1) is 0 Å². The molecule has 1 aliphatic heterocycles. The van der Waals surface area contributed by atoms with Crippen LogP contribution in [0.1, 0.15) is 56.9 Å². The van der Waals surface area contributed by atoms with Crippen molar-refractivity contribution in [1.29, 1.82) is 0 Å². The van der Waals surface area contributed by atoms with Crippen molar-refractivity contribution in [1.82, 2.24) is 10.2 Å². The number of nitrogens with zero attached hydrogens (tertiary/aromatic N) is 1. The summed E-state index contributed by atoms with van der Waals surface area (Å²) < 4.78 is 0. The second-order valence-electron chi connectivity index (χ2n) is 8.68. The van der Waals surface area contributed by atoms with Crippen molar-refractivity contribution >= 4 is 5.91 Å². The van der Waals surface area contributed by atoms with Crippen LogP contribution in [0.3, 0.4) is 0 Å². The van der Waals surface area contributed by atoms with Gasteiger partial charge in [-0.25, -0.2) is 0 Å². The molecule has 3 unspecified atom stereocenters. The zero-order chi connectivity index (χ0) is 17.9. The van der Waals surface area contributed by atoms with Crippen molar-refractivity contribution in [2.75, 3.05) is 6.54 Å². The molecule has 1 saturated heterocycles. The highest BCUT2D eigenvalue weighted by Crippen LogP contribution is 2.39. The topological polar surface area (TPSA) is 58.4 Å². The first-order valence-corrected chi connectivity index (χ1v) is 10.5. The minimum absolute atomic E-state index is 0.0280. The van der Waals surface area contributed by atoms with Gasteiger partial charge in [-0.2, -0.15) is 0 Å². The van der Waals surface area contributed by atoms with E-state index in [2.05, 4.69) is 40.5 Å². The van der Waals surface area contributed by atoms with E-state index >= 15 is 0 Å². The Hall–Kier alpha value is -1.39. The molecule has 0 spiro atoms. The molecule has 2 aliphatic carbocycles. The van der Waals surface area contributed by atoms with Crippen molar-refractivity contribution in [3.63, 3.8) is 0 Å². The fourth-order valence-electron chi connectivity index (χ4n) is 5.58. The number of fused-ring (bicyclic) bond motifs is 2. The smallest absolute Gasteiger partial charge is 0.237 e. The molecule has 4 nitrogen and oxygen atoms in total. The third-order valence-electron chi connectivity index (χ3n) is 6.83. The lowest BCUT2D eigenvalue weighted by Crippen LogP contribution is -2.58. The summed E-state index contributed by atoms with van der Waals surface area (Å²) in [6, 6.07) is 11.3. The van der Waals surface area contributed by atoms with Crippen LogP contribution in [0.2, 0.25) is 0 Å². The molecule has 0 aromatic heterocycles. The van der Waals surface area contributed by atoms with Crippen molar-refractivity contribution in [3.8, 4) is 0 Å². The van der Waals surface area contributed by atoms with Gasteiger partial charge in [-0.3, -0.25) is 9.69 Å². The Morgan fingerprint density at radius 3 is 2.50 bits per heavy atom. The van der Waals surface area contributed by atoms with E-state index in [9.17, 15) is 4.79 Å². The normalized spacial score (nSPS) is 35.0. The number of hydrogen-bond acceptors (Lipinski definition) is 3. The summed E-state index contributed by atoms with van der Waals surface area (Å²) >= 11 is 0. The zero-order valence-electron chi connectivity index (χ0n) is 15.8. The van der Waals surface area contributed by atoms with E-state index in [0.717, 1.165) is 38.8 Å². The Morgan fingerprint density at radius 1 is 1.04 bits per heavy atom. The third kappa shape index (κ3) is 3.96. The molecule has 3 aliphatic rings. The van der Waals surface area contributed by atoms with Crippen LogP contribution in [0, 0.1) is 11.8 Å². The molecule has 142 valence electrons. The van der Waals surface area contributed by atoms with Crippen LogP contribution in [0.5, 0.6) is 0 Å². The molecule has 1 heterocycles. The molecule has 1 aromatic carbocycles. The number of nitrogens with two attached hydrogens (primary N) is 1. The molecule has 3 atom stereocenters. The Kier molecular flexibility index (Phi) is 5.60. The first kappa shape index (κ1) is 18.0. The standard InChI is InChI=1S/C22H33N3O/c23-19-13-17-9-6-10-18(14-19)21(17)24-22(26)20-11-4-5-12-25(20)15-16-7-2-1-3-8-16/h1-3,7-8,17-21H,4-6,9-15,23H2,(H,24,26). The second-order valence-corrected chi connectivity index (χ2v) is 8.68. The summed E-state index contributed by atoms with van der Waals surface area (Å²) in [6.07, 6.45) is 9.27. The van der Waals surface area contributed by atoms with Crippen molar-refractivity contribution in [2.45, 2.75) is 76.0 Å². The van der Waals surface area contributed by atoms with E-state index in [1.165, 1.54) is 31.2 Å². The molecule has 3 N–H and O–H groups in total. The Morgan fingerprint density at radius 2 is 1.77 bits per heavy atom. The van der Waals surface area contributed by atoms with Gasteiger partial charge < -0.3 is 11.1 Å². The van der Waals surface area contributed by atoms with E-state index in [0.29, 0.717) is 23.9 Å². The molecule has 1 aromatic rings. The quantitative estimate of drug-likeness (QED) is 0.873. The summed E-state index contributed by atoms with van der Waals surface area (Å²) in [7, 11) is 0. The van der Waals surface area contributed by atoms with E-state index in [1.54, 1.807) is 0 Å². The number of hydrogen-bond donors (Lipinski definition) is 2. The lowest BCUT2D eigenvalue weighted by atomic mass is 9.67. The van der Waals surface area contributed by atoms with Crippen LogP contribution in [0.4, 0.5) is 0 Å². The van der Waals surface area contributed by atoms with Crippen molar-refractivity contribution in [2.24, 2.45) is 17.6 Å². The van der Waals surface area contributed by atoms with Gasteiger partial charge in [0.05, 0.1) is 6.04 Å². The van der Waals surface area contributed by atoms with Crippen LogP contribution >= 0.6 is 0 Å². The van der Waals surface area contributed by atoms with Gasteiger partial charge in [0, 0.05) is 18.6 Å². The number of likely N-dealkylation sites (tertiary alicyclic amines) is 1. The predicted octanol–water partition coefficient (Wildman–Crippen LogP) is 3.06. The molecule has 1 amide bonds. The highest BCUT2D eigenvalue weighted by molar-refractivity contribution is 5.82. The van der Waals surface area contributed by atoms with Crippen LogP contribution in [-0.2, 0) is 11.3 Å². The van der Waals surface area contributed by atoms with E-state index in [-0.39, 0.29) is 11.9 Å². The minimum atomic E-state index is 0.0280. The molecular formula is C22H33N3O. The van der Waals surface area contributed by atoms with E-state index in [4.69, 9.17) is 5.73 Å². The molecule has 0 radical (unpaired) electrons. The van der Waals surface area contributed by atoms with Gasteiger partial charge in [-0.05, 0) is 62.5 Å². The predicted molar refractivity (Wildman–Crippen MR) is 104 cm³/mol. The van der Waals surface area contributed by atoms with E-state index < -0.39 is 0 Å². The molecular weight excluding hydrogens is 322 g/mol. The average molecular weight is 356 g/mol. The second kappa shape index (κ2) is 8.10. The molecule has 4 rings (SSSR count). The summed E-state index contributed by atoms with van der Waals surface area (Å²) in [4.78, 5) is 15.6. The number of rotatable bonds is 4. The number of amides is 1. The van der Waals surface area contributed by atoms with Crippen LogP contribution < -0.4 is 11.1 Å². The van der Waals surface area contributed by atoms with Gasteiger partial charge in [0.1, 0.15) is 0 Å². The third-order valence-corrected chi connectivity index (χ3v) is 6.83. The van der Waals surface area contributed by atoms with Crippen LogP contribution in [-0.4, -0.2) is 35.5 Å². The summed E-state index contributed by atoms with van der Waals surface area (Å²) in [5.74, 6) is 1.44. The molecule has 4 heteroatoms. The highest BCUT2D eigenvalue weighted by atomic mass is 16.2. The van der Waals surface area contributed by atoms with Crippen LogP contribution in [0.15, 0.2) is 30.3 Å². The number of nitrogens with one attached hydrogen (secondary N) is 1. The van der Waals surface area contributed by atoms with E-state index in [1.807, 2.05) is 0 Å². The minimum Gasteiger partial charge on any atom is -0.351 e. The van der Waals surface area contributed by atoms with Gasteiger partial charge in [0.25, 0.3) is 0 Å². The maximum atomic E-state index is 13.2. The Bertz CT molecular complexity index is 591. The fraction of sp³-hybridized carbons (Fsp3) is 0.682. The Balaban J connectivity index is 1.42. The maximum absolute atomic E-state index is 13.2.